The first-order valence-electron chi connectivity index (χ1n) is 10.3. The molecule has 27 heavy (non-hydrogen) atoms. The Morgan fingerprint density at radius 3 is 2.52 bits per heavy atom. The molecule has 1 aromatic rings. The molecule has 1 saturated heterocycles. The molecule has 1 aromatic carbocycles. The summed E-state index contributed by atoms with van der Waals surface area (Å²) in [4.78, 5) is 12.9. The second kappa shape index (κ2) is 9.20. The van der Waals surface area contributed by atoms with E-state index >= 15 is 0 Å². The van der Waals surface area contributed by atoms with Crippen LogP contribution in [-0.2, 0) is 14.8 Å². The minimum Gasteiger partial charge on any atom is -0.356 e. The molecule has 6 heteroatoms. The van der Waals surface area contributed by atoms with E-state index in [9.17, 15) is 13.2 Å². The van der Waals surface area contributed by atoms with Crippen molar-refractivity contribution in [1.29, 1.82) is 0 Å². The Labute approximate surface area is 163 Å². The Kier molecular flexibility index (Phi) is 6.93. The number of hydrogen-bond acceptors (Lipinski definition) is 3. The number of carbonyl (C=O) groups excluding carboxylic acids is 1. The summed E-state index contributed by atoms with van der Waals surface area (Å²) in [6.07, 6.45) is 8.83. The fourth-order valence-corrected chi connectivity index (χ4v) is 5.85. The Balaban J connectivity index is 1.51. The molecule has 3 rings (SSSR count). The predicted octanol–water partition coefficient (Wildman–Crippen LogP) is 3.48. The van der Waals surface area contributed by atoms with Crippen LogP contribution < -0.4 is 5.32 Å². The van der Waals surface area contributed by atoms with Gasteiger partial charge in [-0.3, -0.25) is 4.79 Å². The number of nitrogens with one attached hydrogen (secondary N) is 1. The molecule has 0 bridgehead atoms. The lowest BCUT2D eigenvalue weighted by atomic mass is 9.90. The van der Waals surface area contributed by atoms with Crippen LogP contribution in [0.1, 0.15) is 56.9 Å². The van der Waals surface area contributed by atoms with E-state index in [0.717, 1.165) is 37.7 Å². The van der Waals surface area contributed by atoms with Crippen molar-refractivity contribution in [3.05, 3.63) is 29.8 Å². The van der Waals surface area contributed by atoms with Gasteiger partial charge in [0.1, 0.15) is 0 Å². The second-order valence-corrected chi connectivity index (χ2v) is 10.1. The van der Waals surface area contributed by atoms with E-state index in [2.05, 4.69) is 5.32 Å². The van der Waals surface area contributed by atoms with E-state index in [1.165, 1.54) is 19.3 Å². The van der Waals surface area contributed by atoms with Crippen LogP contribution in [0.4, 0.5) is 0 Å². The summed E-state index contributed by atoms with van der Waals surface area (Å²) in [7, 11) is -3.44. The number of nitrogens with zero attached hydrogens (tertiary/aromatic N) is 1. The quantitative estimate of drug-likeness (QED) is 0.834. The molecule has 0 spiro atoms. The Bertz CT molecular complexity index is 740. The van der Waals surface area contributed by atoms with Crippen LogP contribution in [0.5, 0.6) is 0 Å². The summed E-state index contributed by atoms with van der Waals surface area (Å²) >= 11 is 0. The van der Waals surface area contributed by atoms with Crippen LogP contribution in [0.3, 0.4) is 0 Å². The standard InChI is InChI=1S/C21H32N2O3S/c1-17-8-7-11-20(14-17)27(25,26)23-13-12-18(16-23)15-22-21(24)19-9-5-3-2-4-6-10-19/h7-8,11,14,18-19H,2-6,9-10,12-13,15-16H2,1H3,(H,22,24). The smallest absolute Gasteiger partial charge is 0.243 e. The molecule has 1 atom stereocenters. The van der Waals surface area contributed by atoms with Crippen molar-refractivity contribution in [3.8, 4) is 0 Å². The second-order valence-electron chi connectivity index (χ2n) is 8.12. The molecule has 1 unspecified atom stereocenters. The topological polar surface area (TPSA) is 66.5 Å². The first-order valence-corrected chi connectivity index (χ1v) is 11.8. The molecule has 0 aromatic heterocycles. The molecule has 0 radical (unpaired) electrons. The van der Waals surface area contributed by atoms with E-state index in [-0.39, 0.29) is 17.7 Å². The summed E-state index contributed by atoms with van der Waals surface area (Å²) in [5.74, 6) is 0.498. The van der Waals surface area contributed by atoms with Gasteiger partial charge in [-0.1, -0.05) is 44.2 Å². The van der Waals surface area contributed by atoms with Crippen LogP contribution in [0.25, 0.3) is 0 Å². The van der Waals surface area contributed by atoms with Gasteiger partial charge in [-0.25, -0.2) is 8.42 Å². The molecule has 1 heterocycles. The average molecular weight is 393 g/mol. The lowest BCUT2D eigenvalue weighted by molar-refractivity contribution is -0.125. The van der Waals surface area contributed by atoms with Gasteiger partial charge in [-0.05, 0) is 49.8 Å². The zero-order chi connectivity index (χ0) is 19.3. The van der Waals surface area contributed by atoms with Crippen LogP contribution in [0, 0.1) is 18.8 Å². The molecule has 2 aliphatic rings. The Hall–Kier alpha value is -1.40. The Morgan fingerprint density at radius 1 is 1.11 bits per heavy atom. The number of hydrogen-bond donors (Lipinski definition) is 1. The molecular formula is C21H32N2O3S. The maximum absolute atomic E-state index is 12.8. The lowest BCUT2D eigenvalue weighted by Crippen LogP contribution is -2.36. The summed E-state index contributed by atoms with van der Waals surface area (Å²) in [5.41, 5.74) is 0.943. The minimum absolute atomic E-state index is 0.138. The monoisotopic (exact) mass is 392 g/mol. The van der Waals surface area contributed by atoms with Crippen LogP contribution in [0.2, 0.25) is 0 Å². The van der Waals surface area contributed by atoms with Gasteiger partial charge in [0.25, 0.3) is 0 Å². The highest BCUT2D eigenvalue weighted by atomic mass is 32.2. The van der Waals surface area contributed by atoms with Crippen molar-refractivity contribution in [2.75, 3.05) is 19.6 Å². The summed E-state index contributed by atoms with van der Waals surface area (Å²) in [6, 6.07) is 7.06. The third-order valence-electron chi connectivity index (χ3n) is 5.92. The number of sulfonamides is 1. The van der Waals surface area contributed by atoms with Crippen molar-refractivity contribution in [2.24, 2.45) is 11.8 Å². The maximum Gasteiger partial charge on any atom is 0.243 e. The van der Waals surface area contributed by atoms with Gasteiger partial charge < -0.3 is 5.32 Å². The first-order chi connectivity index (χ1) is 13.0. The highest BCUT2D eigenvalue weighted by molar-refractivity contribution is 7.89. The van der Waals surface area contributed by atoms with Gasteiger partial charge in [0, 0.05) is 25.6 Å². The predicted molar refractivity (Wildman–Crippen MR) is 107 cm³/mol. The number of rotatable bonds is 5. The molecule has 1 saturated carbocycles. The van der Waals surface area contributed by atoms with E-state index < -0.39 is 10.0 Å². The molecule has 1 aliphatic carbocycles. The fourth-order valence-electron chi connectivity index (χ4n) is 4.21. The summed E-state index contributed by atoms with van der Waals surface area (Å²) in [6.45, 7) is 3.49. The largest absolute Gasteiger partial charge is 0.356 e. The van der Waals surface area contributed by atoms with Gasteiger partial charge in [0.05, 0.1) is 4.90 Å². The maximum atomic E-state index is 12.8. The zero-order valence-corrected chi connectivity index (χ0v) is 17.1. The number of benzene rings is 1. The van der Waals surface area contributed by atoms with Crippen molar-refractivity contribution in [2.45, 2.75) is 63.2 Å². The zero-order valence-electron chi connectivity index (χ0n) is 16.3. The molecule has 1 amide bonds. The molecule has 150 valence electrons. The van der Waals surface area contributed by atoms with E-state index in [4.69, 9.17) is 0 Å². The lowest BCUT2D eigenvalue weighted by Gasteiger charge is -2.21. The van der Waals surface area contributed by atoms with Gasteiger partial charge in [-0.2, -0.15) is 4.31 Å². The molecule has 2 fully saturated rings. The van der Waals surface area contributed by atoms with Crippen LogP contribution >= 0.6 is 0 Å². The van der Waals surface area contributed by atoms with Gasteiger partial charge in [0.2, 0.25) is 15.9 Å². The minimum atomic E-state index is -3.44. The summed E-state index contributed by atoms with van der Waals surface area (Å²) < 4.78 is 27.2. The fraction of sp³-hybridized carbons (Fsp3) is 0.667. The molecule has 1 N–H and O–H groups in total. The van der Waals surface area contributed by atoms with Crippen LogP contribution in [0.15, 0.2) is 29.2 Å². The third-order valence-corrected chi connectivity index (χ3v) is 7.78. The molecule has 5 nitrogen and oxygen atoms in total. The van der Waals surface area contributed by atoms with Crippen LogP contribution in [-0.4, -0.2) is 38.3 Å². The number of amides is 1. The van der Waals surface area contributed by atoms with E-state index in [1.807, 2.05) is 13.0 Å². The number of carbonyl (C=O) groups is 1. The van der Waals surface area contributed by atoms with Crippen molar-refractivity contribution in [3.63, 3.8) is 0 Å². The van der Waals surface area contributed by atoms with E-state index in [0.29, 0.717) is 24.5 Å². The van der Waals surface area contributed by atoms with Gasteiger partial charge in [0.15, 0.2) is 0 Å². The normalized spacial score (nSPS) is 22.9. The SMILES string of the molecule is Cc1cccc(S(=O)(=O)N2CCC(CNC(=O)C3CCCCCCC3)C2)c1. The Morgan fingerprint density at radius 2 is 1.81 bits per heavy atom. The molecular weight excluding hydrogens is 360 g/mol. The van der Waals surface area contributed by atoms with Crippen molar-refractivity contribution in [1.82, 2.24) is 9.62 Å². The van der Waals surface area contributed by atoms with Crippen molar-refractivity contribution >= 4 is 15.9 Å². The van der Waals surface area contributed by atoms with Crippen molar-refractivity contribution < 1.29 is 13.2 Å². The molecule has 1 aliphatic heterocycles. The third kappa shape index (κ3) is 5.32. The highest BCUT2D eigenvalue weighted by Crippen LogP contribution is 2.25. The van der Waals surface area contributed by atoms with E-state index in [1.54, 1.807) is 22.5 Å². The first kappa shape index (κ1) is 20.3. The average Bonchev–Trinajstić information content (AvgIpc) is 3.09. The summed E-state index contributed by atoms with van der Waals surface area (Å²) in [5, 5.41) is 3.10. The number of aryl methyl sites for hydroxylation is 1. The van der Waals surface area contributed by atoms with Gasteiger partial charge >= 0.3 is 0 Å². The van der Waals surface area contributed by atoms with Gasteiger partial charge in [-0.15, -0.1) is 0 Å². The highest BCUT2D eigenvalue weighted by Gasteiger charge is 2.33.